The number of aliphatic hydroxyl groups excluding tert-OH is 1. The van der Waals surface area contributed by atoms with Gasteiger partial charge in [0.1, 0.15) is 0 Å². The molecule has 1 aromatic heterocycles. The van der Waals surface area contributed by atoms with E-state index in [0.717, 1.165) is 18.7 Å². The lowest BCUT2D eigenvalue weighted by Crippen LogP contribution is -2.30. The average molecular weight is 265 g/mol. The van der Waals surface area contributed by atoms with Crippen LogP contribution in [0, 0.1) is 0 Å². The monoisotopic (exact) mass is 265 g/mol. The van der Waals surface area contributed by atoms with Gasteiger partial charge in [-0.15, -0.1) is 0 Å². The standard InChI is InChI=1S/C14H23N3O2/c1-4-7-16-13-5-8-15-10-12(13)14(19)17(3)9-6-11(2)18/h5,8,10-11,18H,4,6-7,9H2,1-3H3,(H,15,16). The minimum atomic E-state index is -0.401. The zero-order valence-corrected chi connectivity index (χ0v) is 11.9. The molecule has 0 aromatic carbocycles. The molecule has 1 rings (SSSR count). The summed E-state index contributed by atoms with van der Waals surface area (Å²) < 4.78 is 0. The first-order valence-corrected chi connectivity index (χ1v) is 6.67. The number of hydrogen-bond donors (Lipinski definition) is 2. The Labute approximate surface area is 114 Å². The van der Waals surface area contributed by atoms with Crippen molar-refractivity contribution in [3.05, 3.63) is 24.0 Å². The number of carbonyl (C=O) groups is 1. The molecule has 5 heteroatoms. The van der Waals surface area contributed by atoms with Crippen LogP contribution in [0.3, 0.4) is 0 Å². The zero-order valence-electron chi connectivity index (χ0n) is 11.9. The van der Waals surface area contributed by atoms with Gasteiger partial charge in [-0.2, -0.15) is 0 Å². The third-order valence-electron chi connectivity index (χ3n) is 2.85. The Morgan fingerprint density at radius 1 is 1.58 bits per heavy atom. The molecule has 2 N–H and O–H groups in total. The number of aromatic nitrogens is 1. The highest BCUT2D eigenvalue weighted by Crippen LogP contribution is 2.15. The largest absolute Gasteiger partial charge is 0.393 e. The van der Waals surface area contributed by atoms with Gasteiger partial charge in [0.15, 0.2) is 0 Å². The molecule has 1 atom stereocenters. The molecule has 0 spiro atoms. The van der Waals surface area contributed by atoms with Crippen molar-refractivity contribution in [3.8, 4) is 0 Å². The van der Waals surface area contributed by atoms with Crippen molar-refractivity contribution in [2.24, 2.45) is 0 Å². The van der Waals surface area contributed by atoms with Crippen LogP contribution in [-0.4, -0.2) is 47.1 Å². The lowest BCUT2D eigenvalue weighted by atomic mass is 10.2. The van der Waals surface area contributed by atoms with E-state index in [-0.39, 0.29) is 5.91 Å². The number of nitrogens with zero attached hydrogens (tertiary/aromatic N) is 2. The summed E-state index contributed by atoms with van der Waals surface area (Å²) in [7, 11) is 1.74. The summed E-state index contributed by atoms with van der Waals surface area (Å²) in [6, 6.07) is 1.81. The highest BCUT2D eigenvalue weighted by Gasteiger charge is 2.16. The highest BCUT2D eigenvalue weighted by molar-refractivity contribution is 5.99. The molecule has 5 nitrogen and oxygen atoms in total. The minimum Gasteiger partial charge on any atom is -0.393 e. The molecule has 1 heterocycles. The van der Waals surface area contributed by atoms with Gasteiger partial charge in [0.2, 0.25) is 0 Å². The van der Waals surface area contributed by atoms with Crippen molar-refractivity contribution in [3.63, 3.8) is 0 Å². The van der Waals surface area contributed by atoms with E-state index in [1.54, 1.807) is 31.3 Å². The molecular weight excluding hydrogens is 242 g/mol. The minimum absolute atomic E-state index is 0.0765. The van der Waals surface area contributed by atoms with E-state index in [2.05, 4.69) is 17.2 Å². The molecule has 0 aliphatic heterocycles. The quantitative estimate of drug-likeness (QED) is 0.788. The molecule has 1 amide bonds. The number of rotatable bonds is 7. The number of nitrogens with one attached hydrogen (secondary N) is 1. The molecule has 0 aliphatic rings. The van der Waals surface area contributed by atoms with Gasteiger partial charge in [0, 0.05) is 32.5 Å². The van der Waals surface area contributed by atoms with E-state index in [1.165, 1.54) is 0 Å². The summed E-state index contributed by atoms with van der Waals surface area (Å²) in [5, 5.41) is 12.5. The van der Waals surface area contributed by atoms with Crippen molar-refractivity contribution in [2.45, 2.75) is 32.8 Å². The third-order valence-corrected chi connectivity index (χ3v) is 2.85. The van der Waals surface area contributed by atoms with Gasteiger partial charge in [-0.25, -0.2) is 0 Å². The van der Waals surface area contributed by atoms with Gasteiger partial charge in [-0.1, -0.05) is 6.92 Å². The van der Waals surface area contributed by atoms with Gasteiger partial charge in [-0.05, 0) is 25.8 Å². The van der Waals surface area contributed by atoms with Gasteiger partial charge >= 0.3 is 0 Å². The summed E-state index contributed by atoms with van der Waals surface area (Å²) in [6.07, 6.45) is 4.42. The molecule has 0 saturated carbocycles. The Morgan fingerprint density at radius 3 is 2.95 bits per heavy atom. The summed E-state index contributed by atoms with van der Waals surface area (Å²) in [6.45, 7) is 5.14. The fourth-order valence-corrected chi connectivity index (χ4v) is 1.67. The first kappa shape index (κ1) is 15.4. The Balaban J connectivity index is 2.74. The predicted octanol–water partition coefficient (Wildman–Crippen LogP) is 1.75. The molecule has 1 unspecified atom stereocenters. The summed E-state index contributed by atoms with van der Waals surface area (Å²) in [4.78, 5) is 17.9. The van der Waals surface area contributed by atoms with Crippen LogP contribution >= 0.6 is 0 Å². The molecular formula is C14H23N3O2. The summed E-state index contributed by atoms with van der Waals surface area (Å²) in [5.41, 5.74) is 1.38. The average Bonchev–Trinajstić information content (AvgIpc) is 2.42. The Hall–Kier alpha value is -1.62. The summed E-state index contributed by atoms with van der Waals surface area (Å²) in [5.74, 6) is -0.0765. The maximum Gasteiger partial charge on any atom is 0.257 e. The first-order chi connectivity index (χ1) is 9.06. The Morgan fingerprint density at radius 2 is 2.32 bits per heavy atom. The number of aliphatic hydroxyl groups is 1. The normalized spacial score (nSPS) is 12.0. The van der Waals surface area contributed by atoms with E-state index < -0.39 is 6.10 Å². The van der Waals surface area contributed by atoms with E-state index in [1.807, 2.05) is 6.07 Å². The lowest BCUT2D eigenvalue weighted by molar-refractivity contribution is 0.0769. The number of anilines is 1. The predicted molar refractivity (Wildman–Crippen MR) is 76.3 cm³/mol. The first-order valence-electron chi connectivity index (χ1n) is 6.67. The topological polar surface area (TPSA) is 65.5 Å². The number of carbonyl (C=O) groups excluding carboxylic acids is 1. The third kappa shape index (κ3) is 4.87. The van der Waals surface area contributed by atoms with Crippen LogP contribution in [-0.2, 0) is 0 Å². The molecule has 106 valence electrons. The van der Waals surface area contributed by atoms with Crippen LogP contribution in [0.25, 0.3) is 0 Å². The number of pyridine rings is 1. The van der Waals surface area contributed by atoms with Gasteiger partial charge in [0.25, 0.3) is 5.91 Å². The van der Waals surface area contributed by atoms with Crippen LogP contribution in [0.4, 0.5) is 5.69 Å². The van der Waals surface area contributed by atoms with E-state index in [0.29, 0.717) is 18.5 Å². The van der Waals surface area contributed by atoms with Gasteiger partial charge < -0.3 is 15.3 Å². The second-order valence-electron chi connectivity index (χ2n) is 4.71. The van der Waals surface area contributed by atoms with Gasteiger partial charge in [0.05, 0.1) is 17.4 Å². The van der Waals surface area contributed by atoms with Crippen LogP contribution in [0.5, 0.6) is 0 Å². The van der Waals surface area contributed by atoms with E-state index in [9.17, 15) is 9.90 Å². The van der Waals surface area contributed by atoms with Crippen LogP contribution in [0.15, 0.2) is 18.5 Å². The number of hydrogen-bond acceptors (Lipinski definition) is 4. The molecule has 1 aromatic rings. The van der Waals surface area contributed by atoms with Crippen molar-refractivity contribution in [2.75, 3.05) is 25.5 Å². The zero-order chi connectivity index (χ0) is 14.3. The second-order valence-corrected chi connectivity index (χ2v) is 4.71. The Kier molecular flexibility index (Phi) is 6.29. The highest BCUT2D eigenvalue weighted by atomic mass is 16.3. The van der Waals surface area contributed by atoms with Crippen LogP contribution in [0.1, 0.15) is 37.0 Å². The molecule has 0 radical (unpaired) electrons. The van der Waals surface area contributed by atoms with Crippen molar-refractivity contribution < 1.29 is 9.90 Å². The molecule has 0 bridgehead atoms. The van der Waals surface area contributed by atoms with Crippen molar-refractivity contribution in [1.29, 1.82) is 0 Å². The lowest BCUT2D eigenvalue weighted by Gasteiger charge is -2.19. The van der Waals surface area contributed by atoms with Gasteiger partial charge in [-0.3, -0.25) is 9.78 Å². The maximum absolute atomic E-state index is 12.3. The fourth-order valence-electron chi connectivity index (χ4n) is 1.67. The molecule has 19 heavy (non-hydrogen) atoms. The smallest absolute Gasteiger partial charge is 0.257 e. The Bertz CT molecular complexity index is 407. The summed E-state index contributed by atoms with van der Waals surface area (Å²) >= 11 is 0. The molecule has 0 fully saturated rings. The van der Waals surface area contributed by atoms with Crippen molar-refractivity contribution in [1.82, 2.24) is 9.88 Å². The van der Waals surface area contributed by atoms with Crippen LogP contribution in [0.2, 0.25) is 0 Å². The maximum atomic E-state index is 12.3. The SMILES string of the molecule is CCCNc1ccncc1C(=O)N(C)CCC(C)O. The number of amides is 1. The molecule has 0 saturated heterocycles. The van der Waals surface area contributed by atoms with Crippen molar-refractivity contribution >= 4 is 11.6 Å². The molecule has 0 aliphatic carbocycles. The second kappa shape index (κ2) is 7.74. The fraction of sp³-hybridized carbons (Fsp3) is 0.571. The van der Waals surface area contributed by atoms with Crippen LogP contribution < -0.4 is 5.32 Å². The van der Waals surface area contributed by atoms with E-state index in [4.69, 9.17) is 0 Å². The van der Waals surface area contributed by atoms with E-state index >= 15 is 0 Å².